The molecular formula is C22H26O. The highest BCUT2D eigenvalue weighted by Gasteiger charge is 2.11. The average Bonchev–Trinajstić information content (AvgIpc) is 2.60. The van der Waals surface area contributed by atoms with E-state index < -0.39 is 0 Å². The second-order valence-electron chi connectivity index (χ2n) is 6.20. The Morgan fingerprint density at radius 3 is 2.48 bits per heavy atom. The molecule has 0 aliphatic heterocycles. The molecule has 1 heteroatoms. The molecule has 0 bridgehead atoms. The number of hydrogen-bond donors (Lipinski definition) is 0. The normalized spacial score (nSPS) is 11.2. The topological polar surface area (TPSA) is 9.23 Å². The molecule has 3 aromatic rings. The van der Waals surface area contributed by atoms with Gasteiger partial charge in [0.1, 0.15) is 5.75 Å². The molecule has 0 fully saturated rings. The Kier molecular flexibility index (Phi) is 5.17. The molecule has 0 unspecified atom stereocenters. The monoisotopic (exact) mass is 306 g/mol. The van der Waals surface area contributed by atoms with E-state index in [2.05, 4.69) is 62.4 Å². The third-order valence-corrected chi connectivity index (χ3v) is 4.55. The van der Waals surface area contributed by atoms with Crippen molar-refractivity contribution in [2.75, 3.05) is 6.61 Å². The highest BCUT2D eigenvalue weighted by molar-refractivity contribution is 6.06. The zero-order valence-electron chi connectivity index (χ0n) is 14.3. The van der Waals surface area contributed by atoms with E-state index in [-0.39, 0.29) is 0 Å². The van der Waals surface area contributed by atoms with E-state index in [0.29, 0.717) is 0 Å². The van der Waals surface area contributed by atoms with Gasteiger partial charge >= 0.3 is 0 Å². The summed E-state index contributed by atoms with van der Waals surface area (Å²) in [6.07, 6.45) is 5.96. The van der Waals surface area contributed by atoms with E-state index in [4.69, 9.17) is 4.74 Å². The summed E-state index contributed by atoms with van der Waals surface area (Å²) in [6, 6.07) is 17.4. The molecule has 3 rings (SSSR count). The smallest absolute Gasteiger partial charge is 0.135 e. The van der Waals surface area contributed by atoms with Crippen LogP contribution in [0.5, 0.6) is 5.75 Å². The summed E-state index contributed by atoms with van der Waals surface area (Å²) in [6.45, 7) is 5.27. The maximum absolute atomic E-state index is 6.32. The largest absolute Gasteiger partial charge is 0.492 e. The summed E-state index contributed by atoms with van der Waals surface area (Å²) < 4.78 is 6.32. The molecule has 0 aliphatic rings. The quantitative estimate of drug-likeness (QED) is 0.357. The highest BCUT2D eigenvalue weighted by atomic mass is 16.5. The molecule has 3 aromatic carbocycles. The van der Waals surface area contributed by atoms with Crippen molar-refractivity contribution in [1.29, 1.82) is 0 Å². The van der Waals surface area contributed by atoms with Crippen LogP contribution in [0.15, 0.2) is 48.5 Å². The van der Waals surface area contributed by atoms with E-state index in [1.807, 2.05) is 0 Å². The number of fused-ring (bicyclic) bond motifs is 2. The van der Waals surface area contributed by atoms with Crippen molar-refractivity contribution in [1.82, 2.24) is 0 Å². The van der Waals surface area contributed by atoms with Gasteiger partial charge in [-0.15, -0.1) is 0 Å². The lowest BCUT2D eigenvalue weighted by Gasteiger charge is -2.15. The first-order valence-electron chi connectivity index (χ1n) is 8.91. The van der Waals surface area contributed by atoms with Gasteiger partial charge in [-0.25, -0.2) is 0 Å². The van der Waals surface area contributed by atoms with Crippen LogP contribution in [0.4, 0.5) is 0 Å². The van der Waals surface area contributed by atoms with Crippen LogP contribution in [0.2, 0.25) is 0 Å². The summed E-state index contributed by atoms with van der Waals surface area (Å²) in [5.41, 5.74) is 1.37. The predicted octanol–water partition coefficient (Wildman–Crippen LogP) is 6.51. The van der Waals surface area contributed by atoms with Gasteiger partial charge in [-0.05, 0) is 35.2 Å². The first kappa shape index (κ1) is 15.9. The van der Waals surface area contributed by atoms with E-state index >= 15 is 0 Å². The van der Waals surface area contributed by atoms with Gasteiger partial charge in [-0.1, -0.05) is 75.6 Å². The van der Waals surface area contributed by atoms with Gasteiger partial charge in [0.05, 0.1) is 6.61 Å². The van der Waals surface area contributed by atoms with Crippen molar-refractivity contribution in [2.24, 2.45) is 0 Å². The van der Waals surface area contributed by atoms with Crippen molar-refractivity contribution in [3.63, 3.8) is 0 Å². The zero-order valence-corrected chi connectivity index (χ0v) is 14.3. The second kappa shape index (κ2) is 7.50. The lowest BCUT2D eigenvalue weighted by molar-refractivity contribution is 0.311. The molecule has 0 saturated heterocycles. The van der Waals surface area contributed by atoms with Crippen LogP contribution in [-0.4, -0.2) is 6.61 Å². The van der Waals surface area contributed by atoms with Crippen molar-refractivity contribution in [2.45, 2.75) is 46.0 Å². The van der Waals surface area contributed by atoms with Gasteiger partial charge in [-0.3, -0.25) is 0 Å². The van der Waals surface area contributed by atoms with Gasteiger partial charge in [-0.2, -0.15) is 0 Å². The minimum atomic E-state index is 0.807. The van der Waals surface area contributed by atoms with Crippen LogP contribution in [0.25, 0.3) is 21.5 Å². The van der Waals surface area contributed by atoms with Crippen LogP contribution in [0, 0.1) is 0 Å². The SMILES string of the molecule is CCCCCCOc1c2ccccc2cc2cccc(CC)c12. The highest BCUT2D eigenvalue weighted by Crippen LogP contribution is 2.37. The number of benzene rings is 3. The molecule has 0 spiro atoms. The van der Waals surface area contributed by atoms with Gasteiger partial charge in [0.25, 0.3) is 0 Å². The van der Waals surface area contributed by atoms with Crippen LogP contribution in [0.3, 0.4) is 0 Å². The van der Waals surface area contributed by atoms with Crippen molar-refractivity contribution < 1.29 is 4.74 Å². The molecule has 0 N–H and O–H groups in total. The first-order chi connectivity index (χ1) is 11.3. The van der Waals surface area contributed by atoms with Crippen molar-refractivity contribution in [3.8, 4) is 5.75 Å². The molecule has 0 aromatic heterocycles. The van der Waals surface area contributed by atoms with Crippen LogP contribution >= 0.6 is 0 Å². The Morgan fingerprint density at radius 1 is 0.826 bits per heavy atom. The lowest BCUT2D eigenvalue weighted by atomic mass is 9.97. The van der Waals surface area contributed by atoms with E-state index in [9.17, 15) is 0 Å². The second-order valence-corrected chi connectivity index (χ2v) is 6.20. The third kappa shape index (κ3) is 3.34. The van der Waals surface area contributed by atoms with Gasteiger partial charge in [0, 0.05) is 10.8 Å². The average molecular weight is 306 g/mol. The molecular weight excluding hydrogens is 280 g/mol. The number of aryl methyl sites for hydroxylation is 1. The Labute approximate surface area is 139 Å². The maximum Gasteiger partial charge on any atom is 0.135 e. The zero-order chi connectivity index (χ0) is 16.1. The van der Waals surface area contributed by atoms with Crippen LogP contribution in [0.1, 0.15) is 45.1 Å². The summed E-state index contributed by atoms with van der Waals surface area (Å²) in [5.74, 6) is 1.08. The molecule has 120 valence electrons. The standard InChI is InChI=1S/C22H26O/c1-3-5-6-9-15-23-22-20-14-8-7-11-18(20)16-19-13-10-12-17(4-2)21(19)22/h7-8,10-14,16H,3-6,9,15H2,1-2H3. The predicted molar refractivity (Wildman–Crippen MR) is 100 cm³/mol. The molecule has 0 amide bonds. The van der Waals surface area contributed by atoms with E-state index in [1.54, 1.807) is 0 Å². The molecule has 23 heavy (non-hydrogen) atoms. The molecule has 0 atom stereocenters. The van der Waals surface area contributed by atoms with Gasteiger partial charge < -0.3 is 4.74 Å². The van der Waals surface area contributed by atoms with E-state index in [0.717, 1.165) is 25.2 Å². The van der Waals surface area contributed by atoms with Crippen LogP contribution in [-0.2, 0) is 6.42 Å². The maximum atomic E-state index is 6.32. The van der Waals surface area contributed by atoms with Gasteiger partial charge in [0.2, 0.25) is 0 Å². The molecule has 0 radical (unpaired) electrons. The molecule has 1 nitrogen and oxygen atoms in total. The Bertz CT molecular complexity index is 788. The Balaban J connectivity index is 2.05. The van der Waals surface area contributed by atoms with Gasteiger partial charge in [0.15, 0.2) is 0 Å². The van der Waals surface area contributed by atoms with E-state index in [1.165, 1.54) is 46.4 Å². The summed E-state index contributed by atoms with van der Waals surface area (Å²) in [5, 5.41) is 5.07. The number of rotatable bonds is 7. The molecule has 0 heterocycles. The Hall–Kier alpha value is -2.02. The number of ether oxygens (including phenoxy) is 1. The third-order valence-electron chi connectivity index (χ3n) is 4.55. The summed E-state index contributed by atoms with van der Waals surface area (Å²) in [7, 11) is 0. The van der Waals surface area contributed by atoms with Crippen LogP contribution < -0.4 is 4.74 Å². The molecule has 0 saturated carbocycles. The number of hydrogen-bond acceptors (Lipinski definition) is 1. The summed E-state index contributed by atoms with van der Waals surface area (Å²) in [4.78, 5) is 0. The van der Waals surface area contributed by atoms with Crippen molar-refractivity contribution >= 4 is 21.5 Å². The minimum Gasteiger partial charge on any atom is -0.492 e. The number of unbranched alkanes of at least 4 members (excludes halogenated alkanes) is 3. The molecule has 0 aliphatic carbocycles. The lowest BCUT2D eigenvalue weighted by Crippen LogP contribution is -2.00. The first-order valence-corrected chi connectivity index (χ1v) is 8.91. The fourth-order valence-electron chi connectivity index (χ4n) is 3.30. The van der Waals surface area contributed by atoms with Crippen molar-refractivity contribution in [3.05, 3.63) is 54.1 Å². The summed E-state index contributed by atoms with van der Waals surface area (Å²) >= 11 is 0. The Morgan fingerprint density at radius 2 is 1.65 bits per heavy atom. The minimum absolute atomic E-state index is 0.807. The fourth-order valence-corrected chi connectivity index (χ4v) is 3.30. The fraction of sp³-hybridized carbons (Fsp3) is 0.364.